The highest BCUT2D eigenvalue weighted by molar-refractivity contribution is 6.36. The molecule has 0 bridgehead atoms. The third-order valence-electron chi connectivity index (χ3n) is 5.26. The molecular weight excluding hydrogens is 449 g/mol. The van der Waals surface area contributed by atoms with Gasteiger partial charge in [-0.1, -0.05) is 30.1 Å². The van der Waals surface area contributed by atoms with Crippen molar-refractivity contribution in [2.75, 3.05) is 18.4 Å². The highest BCUT2D eigenvalue weighted by Crippen LogP contribution is 2.25. The minimum atomic E-state index is -0.307. The lowest BCUT2D eigenvalue weighted by molar-refractivity contribution is -0.134. The Hall–Kier alpha value is -2.64. The van der Waals surface area contributed by atoms with E-state index in [4.69, 9.17) is 23.2 Å². The van der Waals surface area contributed by atoms with Crippen molar-refractivity contribution in [1.29, 1.82) is 0 Å². The number of carbonyl (C=O) groups is 2. The van der Waals surface area contributed by atoms with Crippen LogP contribution in [0.1, 0.15) is 42.4 Å². The molecule has 2 heterocycles. The summed E-state index contributed by atoms with van der Waals surface area (Å²) in [4.78, 5) is 31.7. The molecule has 0 fully saturated rings. The van der Waals surface area contributed by atoms with E-state index in [1.165, 1.54) is 0 Å². The van der Waals surface area contributed by atoms with E-state index in [0.29, 0.717) is 28.7 Å². The number of amides is 2. The van der Waals surface area contributed by atoms with Gasteiger partial charge in [0, 0.05) is 35.4 Å². The van der Waals surface area contributed by atoms with Gasteiger partial charge in [-0.15, -0.1) is 0 Å². The lowest BCUT2D eigenvalue weighted by Crippen LogP contribution is -2.38. The largest absolute Gasteiger partial charge is 0.333 e. The van der Waals surface area contributed by atoms with Crippen molar-refractivity contribution in [3.63, 3.8) is 0 Å². The molecule has 0 radical (unpaired) electrons. The van der Waals surface area contributed by atoms with Gasteiger partial charge < -0.3 is 10.2 Å². The van der Waals surface area contributed by atoms with E-state index in [-0.39, 0.29) is 24.8 Å². The van der Waals surface area contributed by atoms with Crippen LogP contribution < -0.4 is 5.32 Å². The highest BCUT2D eigenvalue weighted by atomic mass is 35.5. The molecule has 170 valence electrons. The monoisotopic (exact) mass is 475 g/mol. The predicted octanol–water partition coefficient (Wildman–Crippen LogP) is 4.77. The van der Waals surface area contributed by atoms with E-state index in [1.54, 1.807) is 23.1 Å². The second-order valence-electron chi connectivity index (χ2n) is 7.80. The first-order valence-corrected chi connectivity index (χ1v) is 11.3. The fourth-order valence-electron chi connectivity index (χ4n) is 3.71. The summed E-state index contributed by atoms with van der Waals surface area (Å²) < 4.78 is 1.81. The zero-order valence-corrected chi connectivity index (χ0v) is 20.2. The molecule has 3 rings (SSSR count). The van der Waals surface area contributed by atoms with E-state index >= 15 is 0 Å². The number of anilines is 1. The van der Waals surface area contributed by atoms with Gasteiger partial charge in [-0.25, -0.2) is 9.50 Å². The maximum Gasteiger partial charge on any atom is 0.244 e. The van der Waals surface area contributed by atoms with Crippen LogP contribution >= 0.6 is 23.2 Å². The van der Waals surface area contributed by atoms with Crippen LogP contribution in [0.15, 0.2) is 24.3 Å². The quantitative estimate of drug-likeness (QED) is 0.508. The Bertz CT molecular complexity index is 1160. The number of fused-ring (bicyclic) bond motifs is 1. The van der Waals surface area contributed by atoms with Gasteiger partial charge in [-0.05, 0) is 57.4 Å². The van der Waals surface area contributed by atoms with Gasteiger partial charge in [0.15, 0.2) is 5.65 Å². The molecule has 0 aliphatic carbocycles. The maximum absolute atomic E-state index is 13.0. The van der Waals surface area contributed by atoms with Crippen molar-refractivity contribution in [1.82, 2.24) is 19.5 Å². The molecule has 32 heavy (non-hydrogen) atoms. The Kier molecular flexibility index (Phi) is 7.74. The van der Waals surface area contributed by atoms with Crippen LogP contribution in [0.2, 0.25) is 10.0 Å². The van der Waals surface area contributed by atoms with Crippen molar-refractivity contribution >= 4 is 46.4 Å². The summed E-state index contributed by atoms with van der Waals surface area (Å²) in [7, 11) is 0. The molecule has 0 saturated heterocycles. The molecule has 1 N–H and O–H groups in total. The third-order valence-corrected chi connectivity index (χ3v) is 5.81. The van der Waals surface area contributed by atoms with Crippen molar-refractivity contribution in [2.24, 2.45) is 0 Å². The summed E-state index contributed by atoms with van der Waals surface area (Å²) in [5.74, 6) is -0.391. The molecule has 0 saturated carbocycles. The minimum absolute atomic E-state index is 0.0424. The first-order valence-electron chi connectivity index (χ1n) is 10.5. The van der Waals surface area contributed by atoms with Crippen molar-refractivity contribution in [3.8, 4) is 0 Å². The summed E-state index contributed by atoms with van der Waals surface area (Å²) in [6, 6.07) is 6.78. The summed E-state index contributed by atoms with van der Waals surface area (Å²) >= 11 is 12.0. The topological polar surface area (TPSA) is 79.6 Å². The van der Waals surface area contributed by atoms with Crippen LogP contribution in [-0.4, -0.2) is 44.4 Å². The summed E-state index contributed by atoms with van der Waals surface area (Å²) in [5, 5.41) is 8.07. The second kappa shape index (κ2) is 10.3. The fourth-order valence-corrected chi connectivity index (χ4v) is 4.16. The average molecular weight is 476 g/mol. The molecule has 1 aromatic carbocycles. The van der Waals surface area contributed by atoms with Crippen molar-refractivity contribution in [2.45, 2.75) is 47.0 Å². The van der Waals surface area contributed by atoms with Gasteiger partial charge in [-0.2, -0.15) is 5.10 Å². The molecule has 3 aromatic rings. The third kappa shape index (κ3) is 5.58. The Morgan fingerprint density at radius 2 is 1.91 bits per heavy atom. The van der Waals surface area contributed by atoms with E-state index < -0.39 is 0 Å². The average Bonchev–Trinajstić information content (AvgIpc) is 3.09. The van der Waals surface area contributed by atoms with Crippen LogP contribution in [0, 0.1) is 20.8 Å². The van der Waals surface area contributed by atoms with Gasteiger partial charge >= 0.3 is 0 Å². The molecule has 0 unspecified atom stereocenters. The van der Waals surface area contributed by atoms with Gasteiger partial charge in [0.25, 0.3) is 0 Å². The van der Waals surface area contributed by atoms with Crippen LogP contribution in [0.4, 0.5) is 5.69 Å². The van der Waals surface area contributed by atoms with Crippen LogP contribution in [0.3, 0.4) is 0 Å². The Morgan fingerprint density at radius 3 is 2.59 bits per heavy atom. The van der Waals surface area contributed by atoms with E-state index in [1.807, 2.05) is 38.3 Å². The zero-order valence-electron chi connectivity index (χ0n) is 18.7. The molecule has 9 heteroatoms. The normalized spacial score (nSPS) is 11.1. The molecule has 2 aromatic heterocycles. The Morgan fingerprint density at radius 1 is 1.16 bits per heavy atom. The van der Waals surface area contributed by atoms with E-state index in [0.717, 1.165) is 34.7 Å². The first-order chi connectivity index (χ1) is 15.2. The van der Waals surface area contributed by atoms with Crippen LogP contribution in [0.25, 0.3) is 5.65 Å². The number of rotatable bonds is 8. The van der Waals surface area contributed by atoms with E-state index in [9.17, 15) is 9.59 Å². The number of nitrogens with zero attached hydrogens (tertiary/aromatic N) is 4. The molecule has 0 aliphatic heterocycles. The number of halogens is 2. The maximum atomic E-state index is 13.0. The standard InChI is InChI=1S/C23H27Cl2N5O2/c1-5-10-29(13-22(31)27-20-8-6-17(24)12-19(20)25)23(32)9-7-18-15(3)26-21-11-14(2)28-30(21)16(18)4/h6,8,11-12H,5,7,9-10,13H2,1-4H3,(H,27,31). The van der Waals surface area contributed by atoms with Crippen molar-refractivity contribution in [3.05, 3.63) is 57.0 Å². The summed E-state index contributed by atoms with van der Waals surface area (Å²) in [5.41, 5.74) is 5.03. The second-order valence-corrected chi connectivity index (χ2v) is 8.65. The minimum Gasteiger partial charge on any atom is -0.333 e. The number of hydrogen-bond acceptors (Lipinski definition) is 4. The number of aromatic nitrogens is 3. The number of carbonyl (C=O) groups excluding carboxylic acids is 2. The molecule has 7 nitrogen and oxygen atoms in total. The Labute approximate surface area is 197 Å². The van der Waals surface area contributed by atoms with Gasteiger partial charge in [0.05, 0.1) is 22.9 Å². The fraction of sp³-hybridized carbons (Fsp3) is 0.391. The highest BCUT2D eigenvalue weighted by Gasteiger charge is 2.19. The molecule has 0 spiro atoms. The molecular formula is C23H27Cl2N5O2. The summed E-state index contributed by atoms with van der Waals surface area (Å²) in [6.45, 7) is 8.29. The smallest absolute Gasteiger partial charge is 0.244 e. The number of hydrogen-bond donors (Lipinski definition) is 1. The lowest BCUT2D eigenvalue weighted by atomic mass is 10.1. The number of benzene rings is 1. The SMILES string of the molecule is CCCN(CC(=O)Nc1ccc(Cl)cc1Cl)C(=O)CCc1c(C)nc2cc(C)nn2c1C. The first kappa shape index (κ1) is 24.0. The lowest BCUT2D eigenvalue weighted by Gasteiger charge is -2.22. The van der Waals surface area contributed by atoms with Gasteiger partial charge in [0.1, 0.15) is 0 Å². The van der Waals surface area contributed by atoms with Crippen LogP contribution in [-0.2, 0) is 16.0 Å². The Balaban J connectivity index is 1.67. The van der Waals surface area contributed by atoms with Crippen LogP contribution in [0.5, 0.6) is 0 Å². The van der Waals surface area contributed by atoms with Crippen molar-refractivity contribution < 1.29 is 9.59 Å². The molecule has 0 atom stereocenters. The predicted molar refractivity (Wildman–Crippen MR) is 127 cm³/mol. The van der Waals surface area contributed by atoms with Gasteiger partial charge in [-0.3, -0.25) is 9.59 Å². The zero-order chi connectivity index (χ0) is 23.4. The van der Waals surface area contributed by atoms with Gasteiger partial charge in [0.2, 0.25) is 11.8 Å². The summed E-state index contributed by atoms with van der Waals surface area (Å²) in [6.07, 6.45) is 1.56. The van der Waals surface area contributed by atoms with E-state index in [2.05, 4.69) is 15.4 Å². The number of aryl methyl sites for hydroxylation is 3. The molecule has 2 amide bonds. The molecule has 0 aliphatic rings. The number of nitrogens with one attached hydrogen (secondary N) is 1.